The monoisotopic (exact) mass is 358 g/mol. The van der Waals surface area contributed by atoms with Crippen molar-refractivity contribution >= 4 is 44.6 Å². The molecule has 2 aromatic heterocycles. The molecule has 0 aliphatic rings. The van der Waals surface area contributed by atoms with Crippen molar-refractivity contribution < 1.29 is 12.6 Å². The summed E-state index contributed by atoms with van der Waals surface area (Å²) in [5.41, 5.74) is 0.651. The summed E-state index contributed by atoms with van der Waals surface area (Å²) in [6.07, 6.45) is 0. The molecule has 0 unspecified atom stereocenters. The molecule has 0 radical (unpaired) electrons. The third-order valence-corrected chi connectivity index (χ3v) is 6.02. The zero-order chi connectivity index (χ0) is 14.9. The summed E-state index contributed by atoms with van der Waals surface area (Å²) in [5, 5.41) is 6.16. The molecule has 108 valence electrons. The van der Waals surface area contributed by atoms with Gasteiger partial charge < -0.3 is 4.18 Å². The highest BCUT2D eigenvalue weighted by molar-refractivity contribution is 7.89. The molecule has 3 aromatic rings. The van der Waals surface area contributed by atoms with E-state index in [0.717, 1.165) is 16.2 Å². The van der Waals surface area contributed by atoms with Crippen LogP contribution in [0.25, 0.3) is 10.6 Å². The molecule has 0 aliphatic carbocycles. The van der Waals surface area contributed by atoms with Gasteiger partial charge in [-0.05, 0) is 47.9 Å². The molecule has 5 nitrogen and oxygen atoms in total. The Morgan fingerprint density at radius 3 is 2.52 bits per heavy atom. The molecule has 0 saturated carbocycles. The minimum atomic E-state index is -3.87. The number of hydrogen-bond donors (Lipinski definition) is 0. The van der Waals surface area contributed by atoms with Crippen molar-refractivity contribution in [2.24, 2.45) is 0 Å². The maximum Gasteiger partial charge on any atom is 0.348 e. The fourth-order valence-electron chi connectivity index (χ4n) is 1.52. The van der Waals surface area contributed by atoms with Crippen molar-refractivity contribution in [1.82, 2.24) is 9.59 Å². The van der Waals surface area contributed by atoms with E-state index in [4.69, 9.17) is 15.8 Å². The van der Waals surface area contributed by atoms with Gasteiger partial charge in [-0.1, -0.05) is 16.1 Å². The van der Waals surface area contributed by atoms with Crippen LogP contribution < -0.4 is 4.18 Å². The van der Waals surface area contributed by atoms with Crippen molar-refractivity contribution in [3.05, 3.63) is 46.8 Å². The molecule has 0 N–H and O–H groups in total. The fourth-order valence-corrected chi connectivity index (χ4v) is 4.33. The first-order chi connectivity index (χ1) is 10.0. The summed E-state index contributed by atoms with van der Waals surface area (Å²) in [5.74, 6) is 0.213. The normalized spacial score (nSPS) is 11.5. The molecule has 0 fully saturated rings. The maximum atomic E-state index is 12.2. The molecule has 0 saturated heterocycles. The van der Waals surface area contributed by atoms with E-state index in [-0.39, 0.29) is 9.96 Å². The number of aromatic nitrogens is 2. The largest absolute Gasteiger partial charge is 0.378 e. The number of rotatable bonds is 4. The molecular formula is C12H7ClN2O3S3. The van der Waals surface area contributed by atoms with E-state index in [9.17, 15) is 8.42 Å². The maximum absolute atomic E-state index is 12.2. The lowest BCUT2D eigenvalue weighted by molar-refractivity contribution is 0.488. The van der Waals surface area contributed by atoms with Crippen LogP contribution in [0.15, 0.2) is 46.0 Å². The van der Waals surface area contributed by atoms with Gasteiger partial charge in [-0.3, -0.25) is 0 Å². The lowest BCUT2D eigenvalue weighted by Crippen LogP contribution is -2.07. The van der Waals surface area contributed by atoms with Gasteiger partial charge in [0, 0.05) is 10.4 Å². The topological polar surface area (TPSA) is 69.2 Å². The highest BCUT2D eigenvalue weighted by atomic mass is 35.5. The minimum Gasteiger partial charge on any atom is -0.378 e. The summed E-state index contributed by atoms with van der Waals surface area (Å²) < 4.78 is 33.3. The molecule has 9 heteroatoms. The van der Waals surface area contributed by atoms with Crippen LogP contribution in [0.2, 0.25) is 5.02 Å². The number of halogens is 1. The van der Waals surface area contributed by atoms with Gasteiger partial charge in [-0.15, -0.1) is 16.4 Å². The van der Waals surface area contributed by atoms with Crippen LogP contribution in [0.5, 0.6) is 5.75 Å². The van der Waals surface area contributed by atoms with Crippen molar-refractivity contribution in [1.29, 1.82) is 0 Å². The fraction of sp³-hybridized carbons (Fsp3) is 0. The van der Waals surface area contributed by atoms with Crippen molar-refractivity contribution in [2.45, 2.75) is 4.21 Å². The van der Waals surface area contributed by atoms with Crippen LogP contribution in [0.4, 0.5) is 0 Å². The van der Waals surface area contributed by atoms with E-state index in [1.165, 1.54) is 29.7 Å². The smallest absolute Gasteiger partial charge is 0.348 e. The molecular weight excluding hydrogens is 352 g/mol. The number of thiophene rings is 1. The summed E-state index contributed by atoms with van der Waals surface area (Å²) in [4.78, 5) is 0.724. The van der Waals surface area contributed by atoms with Crippen molar-refractivity contribution in [3.63, 3.8) is 0 Å². The predicted molar refractivity (Wildman–Crippen MR) is 82.5 cm³/mol. The predicted octanol–water partition coefficient (Wildman–Crippen LogP) is 3.69. The van der Waals surface area contributed by atoms with E-state index in [2.05, 4.69) is 9.59 Å². The molecule has 2 heterocycles. The van der Waals surface area contributed by atoms with E-state index >= 15 is 0 Å². The molecule has 0 atom stereocenters. The molecule has 0 amide bonds. The van der Waals surface area contributed by atoms with Crippen LogP contribution in [0.1, 0.15) is 0 Å². The Morgan fingerprint density at radius 1 is 1.10 bits per heavy atom. The molecule has 0 aliphatic heterocycles. The minimum absolute atomic E-state index is 0.112. The van der Waals surface area contributed by atoms with E-state index in [1.807, 2.05) is 0 Å². The summed E-state index contributed by atoms with van der Waals surface area (Å²) in [6.45, 7) is 0. The summed E-state index contributed by atoms with van der Waals surface area (Å²) >= 11 is 8.04. The number of benzene rings is 1. The van der Waals surface area contributed by atoms with Gasteiger partial charge in [0.15, 0.2) is 4.21 Å². The quantitative estimate of drug-likeness (QED) is 0.665. The van der Waals surface area contributed by atoms with Gasteiger partial charge in [0.25, 0.3) is 0 Å². The first-order valence-corrected chi connectivity index (χ1v) is 9.06. The highest BCUT2D eigenvalue weighted by Crippen LogP contribution is 2.31. The Morgan fingerprint density at radius 2 is 1.86 bits per heavy atom. The van der Waals surface area contributed by atoms with Crippen LogP contribution in [-0.4, -0.2) is 18.0 Å². The van der Waals surface area contributed by atoms with E-state index in [0.29, 0.717) is 10.7 Å². The average molecular weight is 359 g/mol. The van der Waals surface area contributed by atoms with Crippen LogP contribution in [-0.2, 0) is 10.1 Å². The summed E-state index contributed by atoms with van der Waals surface area (Å²) in [6, 6.07) is 9.29. The average Bonchev–Trinajstić information content (AvgIpc) is 3.11. The van der Waals surface area contributed by atoms with Gasteiger partial charge >= 0.3 is 10.1 Å². The summed E-state index contributed by atoms with van der Waals surface area (Å²) in [7, 11) is -3.87. The van der Waals surface area contributed by atoms with Gasteiger partial charge in [-0.2, -0.15) is 8.42 Å². The molecule has 21 heavy (non-hydrogen) atoms. The first-order valence-electron chi connectivity index (χ1n) is 5.62. The Bertz CT molecular complexity index is 842. The zero-order valence-electron chi connectivity index (χ0n) is 10.3. The van der Waals surface area contributed by atoms with E-state index in [1.54, 1.807) is 23.6 Å². The molecule has 3 rings (SSSR count). The van der Waals surface area contributed by atoms with Gasteiger partial charge in [0.1, 0.15) is 11.4 Å². The lowest BCUT2D eigenvalue weighted by Gasteiger charge is -2.04. The Hall–Kier alpha value is -1.48. The third-order valence-electron chi connectivity index (χ3n) is 2.46. The first kappa shape index (κ1) is 14.5. The molecule has 0 bridgehead atoms. The Labute approximate surface area is 134 Å². The van der Waals surface area contributed by atoms with Crippen molar-refractivity contribution in [2.75, 3.05) is 0 Å². The SMILES string of the molecule is O=S(=O)(Oc1ccc(Cl)cc1)c1ccc(-c2csnn2)s1. The second-order valence-electron chi connectivity index (χ2n) is 3.90. The Balaban J connectivity index is 1.87. The third kappa shape index (κ3) is 3.24. The van der Waals surface area contributed by atoms with Crippen LogP contribution in [0, 0.1) is 0 Å². The van der Waals surface area contributed by atoms with Gasteiger partial charge in [0.2, 0.25) is 0 Å². The van der Waals surface area contributed by atoms with Crippen LogP contribution in [0.3, 0.4) is 0 Å². The second-order valence-corrected chi connectivity index (χ2v) is 7.80. The number of hydrogen-bond acceptors (Lipinski definition) is 7. The van der Waals surface area contributed by atoms with E-state index < -0.39 is 10.1 Å². The molecule has 1 aromatic carbocycles. The highest BCUT2D eigenvalue weighted by Gasteiger charge is 2.20. The Kier molecular flexibility index (Phi) is 3.94. The van der Waals surface area contributed by atoms with Crippen LogP contribution >= 0.6 is 34.5 Å². The van der Waals surface area contributed by atoms with Gasteiger partial charge in [0.05, 0.1) is 4.88 Å². The number of nitrogens with zero attached hydrogens (tertiary/aromatic N) is 2. The van der Waals surface area contributed by atoms with Crippen molar-refractivity contribution in [3.8, 4) is 16.3 Å². The standard InChI is InChI=1S/C12H7ClN2O3S3/c13-8-1-3-9(4-2-8)18-21(16,17)12-6-5-11(20-12)10-7-19-15-14-10/h1-7H. The second kappa shape index (κ2) is 5.72. The zero-order valence-corrected chi connectivity index (χ0v) is 13.5. The van der Waals surface area contributed by atoms with Gasteiger partial charge in [-0.25, -0.2) is 0 Å². The molecule has 0 spiro atoms. The lowest BCUT2D eigenvalue weighted by atomic mass is 10.3.